The van der Waals surface area contributed by atoms with Gasteiger partial charge in [0.15, 0.2) is 5.11 Å². The molecule has 0 amide bonds. The minimum Gasteiger partial charge on any atom is -0.332 e. The quantitative estimate of drug-likeness (QED) is 0.607. The third-order valence-corrected chi connectivity index (χ3v) is 3.50. The van der Waals surface area contributed by atoms with Crippen molar-refractivity contribution in [1.82, 2.24) is 0 Å². The van der Waals surface area contributed by atoms with Gasteiger partial charge in [0.05, 0.1) is 5.69 Å². The zero-order valence-electron chi connectivity index (χ0n) is 9.91. The first-order chi connectivity index (χ1) is 8.65. The Bertz CT molecular complexity index is 555. The van der Waals surface area contributed by atoms with Crippen molar-refractivity contribution >= 4 is 51.3 Å². The predicted octanol–water partition coefficient (Wildman–Crippen LogP) is 4.41. The lowest BCUT2D eigenvalue weighted by Crippen LogP contribution is -2.19. The van der Waals surface area contributed by atoms with Crippen molar-refractivity contribution in [3.63, 3.8) is 0 Å². The molecule has 0 unspecified atom stereocenters. The normalized spacial score (nSPS) is 9.89. The van der Waals surface area contributed by atoms with Gasteiger partial charge in [-0.15, -0.1) is 0 Å². The molecule has 0 atom stereocenters. The lowest BCUT2D eigenvalue weighted by molar-refractivity contribution is 1.44. The van der Waals surface area contributed by atoms with Crippen LogP contribution in [0.15, 0.2) is 48.5 Å². The summed E-state index contributed by atoms with van der Waals surface area (Å²) < 4.78 is 1.16. The molecule has 2 aromatic rings. The van der Waals surface area contributed by atoms with Gasteiger partial charge in [-0.2, -0.15) is 0 Å². The van der Waals surface area contributed by atoms with Crippen molar-refractivity contribution in [3.8, 4) is 0 Å². The van der Waals surface area contributed by atoms with Crippen molar-refractivity contribution in [1.29, 1.82) is 0 Å². The molecule has 92 valence electrons. The van der Waals surface area contributed by atoms with E-state index >= 15 is 0 Å². The minimum absolute atomic E-state index is 0.600. The van der Waals surface area contributed by atoms with Gasteiger partial charge in [-0.1, -0.05) is 24.3 Å². The second-order valence-electron chi connectivity index (χ2n) is 3.93. The summed E-state index contributed by atoms with van der Waals surface area (Å²) in [7, 11) is 0. The topological polar surface area (TPSA) is 24.1 Å². The largest absolute Gasteiger partial charge is 0.332 e. The molecule has 2 aromatic carbocycles. The number of nitrogens with one attached hydrogen (secondary N) is 2. The van der Waals surface area contributed by atoms with Crippen molar-refractivity contribution in [3.05, 3.63) is 57.7 Å². The van der Waals surface area contributed by atoms with Crippen LogP contribution >= 0.6 is 34.8 Å². The van der Waals surface area contributed by atoms with E-state index in [0.717, 1.165) is 14.9 Å². The van der Waals surface area contributed by atoms with Crippen LogP contribution in [0, 0.1) is 10.5 Å². The number of halogens is 1. The molecular formula is C14H13IN2S. The highest BCUT2D eigenvalue weighted by Crippen LogP contribution is 2.19. The maximum atomic E-state index is 5.28. The van der Waals surface area contributed by atoms with Crippen LogP contribution in [0.3, 0.4) is 0 Å². The van der Waals surface area contributed by atoms with Gasteiger partial charge >= 0.3 is 0 Å². The van der Waals surface area contributed by atoms with Crippen molar-refractivity contribution in [2.24, 2.45) is 0 Å². The van der Waals surface area contributed by atoms with Gasteiger partial charge in [-0.05, 0) is 71.6 Å². The molecule has 0 saturated carbocycles. The van der Waals surface area contributed by atoms with Crippen LogP contribution in [0.1, 0.15) is 5.56 Å². The van der Waals surface area contributed by atoms with E-state index in [1.165, 1.54) is 5.56 Å². The molecule has 0 bridgehead atoms. The van der Waals surface area contributed by atoms with Crippen molar-refractivity contribution in [2.75, 3.05) is 10.6 Å². The molecule has 0 heterocycles. The van der Waals surface area contributed by atoms with Crippen molar-refractivity contribution < 1.29 is 0 Å². The standard InChI is InChI=1S/C14H13IN2S/c1-10-7-8-13(12(15)9-10)17-14(18)16-11-5-3-2-4-6-11/h2-9H,1H3,(H2,16,17,18). The molecule has 0 radical (unpaired) electrons. The summed E-state index contributed by atoms with van der Waals surface area (Å²) in [6, 6.07) is 16.1. The highest BCUT2D eigenvalue weighted by atomic mass is 127. The van der Waals surface area contributed by atoms with Crippen LogP contribution in [0.5, 0.6) is 0 Å². The average molecular weight is 368 g/mol. The van der Waals surface area contributed by atoms with Crippen LogP contribution in [0.25, 0.3) is 0 Å². The molecule has 2 rings (SSSR count). The molecule has 2 N–H and O–H groups in total. The molecular weight excluding hydrogens is 355 g/mol. The molecule has 0 aliphatic heterocycles. The van der Waals surface area contributed by atoms with E-state index in [0.29, 0.717) is 5.11 Å². The third-order valence-electron chi connectivity index (χ3n) is 2.40. The Hall–Kier alpha value is -1.14. The molecule has 0 aromatic heterocycles. The van der Waals surface area contributed by atoms with Gasteiger partial charge < -0.3 is 10.6 Å². The van der Waals surface area contributed by atoms with E-state index in [1.54, 1.807) is 0 Å². The molecule has 0 aliphatic rings. The smallest absolute Gasteiger partial charge is 0.175 e. The third kappa shape index (κ3) is 3.68. The fourth-order valence-corrected chi connectivity index (χ4v) is 2.56. The predicted molar refractivity (Wildman–Crippen MR) is 90.2 cm³/mol. The second-order valence-corrected chi connectivity index (χ2v) is 5.50. The van der Waals surface area contributed by atoms with Crippen molar-refractivity contribution in [2.45, 2.75) is 6.92 Å². The zero-order chi connectivity index (χ0) is 13.0. The number of rotatable bonds is 2. The lowest BCUT2D eigenvalue weighted by atomic mass is 10.2. The van der Waals surface area contributed by atoms with Gasteiger partial charge in [0, 0.05) is 9.26 Å². The van der Waals surface area contributed by atoms with Crippen LogP contribution in [-0.2, 0) is 0 Å². The second kappa shape index (κ2) is 6.15. The monoisotopic (exact) mass is 368 g/mol. The number of anilines is 2. The number of hydrogen-bond donors (Lipinski definition) is 2. The van der Waals surface area contributed by atoms with Crippen LogP contribution in [0.2, 0.25) is 0 Å². The molecule has 0 spiro atoms. The summed E-state index contributed by atoms with van der Waals surface area (Å²) in [5.74, 6) is 0. The summed E-state index contributed by atoms with van der Waals surface area (Å²) in [6.07, 6.45) is 0. The summed E-state index contributed by atoms with van der Waals surface area (Å²) in [6.45, 7) is 2.08. The van der Waals surface area contributed by atoms with E-state index in [2.05, 4.69) is 52.3 Å². The Morgan fingerprint density at radius 2 is 1.78 bits per heavy atom. The average Bonchev–Trinajstić information content (AvgIpc) is 2.34. The van der Waals surface area contributed by atoms with Gasteiger partial charge in [0.2, 0.25) is 0 Å². The first-order valence-electron chi connectivity index (χ1n) is 5.54. The van der Waals surface area contributed by atoms with E-state index < -0.39 is 0 Å². The van der Waals surface area contributed by atoms with Gasteiger partial charge in [0.25, 0.3) is 0 Å². The molecule has 2 nitrogen and oxygen atoms in total. The summed E-state index contributed by atoms with van der Waals surface area (Å²) in [5, 5.41) is 6.95. The SMILES string of the molecule is Cc1ccc(NC(=S)Nc2ccccc2)c(I)c1. The first kappa shape index (κ1) is 13.3. The molecule has 18 heavy (non-hydrogen) atoms. The number of benzene rings is 2. The Morgan fingerprint density at radius 3 is 2.44 bits per heavy atom. The maximum absolute atomic E-state index is 5.28. The number of para-hydroxylation sites is 1. The van der Waals surface area contributed by atoms with Crippen LogP contribution < -0.4 is 10.6 Å². The van der Waals surface area contributed by atoms with Gasteiger partial charge in [0.1, 0.15) is 0 Å². The Labute approximate surface area is 126 Å². The van der Waals surface area contributed by atoms with E-state index in [1.807, 2.05) is 36.4 Å². The van der Waals surface area contributed by atoms with E-state index in [-0.39, 0.29) is 0 Å². The molecule has 4 heteroatoms. The number of thiocarbonyl (C=S) groups is 1. The summed E-state index contributed by atoms with van der Waals surface area (Å²) in [4.78, 5) is 0. The number of hydrogen-bond acceptors (Lipinski definition) is 1. The number of aryl methyl sites for hydroxylation is 1. The van der Waals surface area contributed by atoms with Gasteiger partial charge in [-0.25, -0.2) is 0 Å². The summed E-state index contributed by atoms with van der Waals surface area (Å²) in [5.41, 5.74) is 3.25. The van der Waals surface area contributed by atoms with Crippen LogP contribution in [0.4, 0.5) is 11.4 Å². The highest BCUT2D eigenvalue weighted by Gasteiger charge is 2.02. The first-order valence-corrected chi connectivity index (χ1v) is 7.03. The Morgan fingerprint density at radius 1 is 1.06 bits per heavy atom. The zero-order valence-corrected chi connectivity index (χ0v) is 12.9. The molecule has 0 saturated heterocycles. The van der Waals surface area contributed by atoms with Gasteiger partial charge in [-0.3, -0.25) is 0 Å². The van der Waals surface area contributed by atoms with E-state index in [9.17, 15) is 0 Å². The molecule has 0 aliphatic carbocycles. The fraction of sp³-hybridized carbons (Fsp3) is 0.0714. The van der Waals surface area contributed by atoms with Crippen LogP contribution in [-0.4, -0.2) is 5.11 Å². The Balaban J connectivity index is 2.03. The summed E-state index contributed by atoms with van der Waals surface area (Å²) >= 11 is 7.59. The highest BCUT2D eigenvalue weighted by molar-refractivity contribution is 14.1. The van der Waals surface area contributed by atoms with E-state index in [4.69, 9.17) is 12.2 Å². The fourth-order valence-electron chi connectivity index (χ4n) is 1.53. The minimum atomic E-state index is 0.600. The maximum Gasteiger partial charge on any atom is 0.175 e. The lowest BCUT2D eigenvalue weighted by Gasteiger charge is -2.12. The molecule has 0 fully saturated rings. The Kier molecular flexibility index (Phi) is 4.54.